The van der Waals surface area contributed by atoms with Crippen LogP contribution < -0.4 is 16.0 Å². The van der Waals surface area contributed by atoms with Crippen molar-refractivity contribution in [1.29, 1.82) is 0 Å². The molecule has 0 bridgehead atoms. The number of aromatic amines is 2. The minimum Gasteiger partial charge on any atom is -0.453 e. The number of H-pyrrole nitrogens is 2. The molecule has 5 heterocycles. The van der Waals surface area contributed by atoms with Gasteiger partial charge in [-0.1, -0.05) is 36.4 Å². The van der Waals surface area contributed by atoms with Gasteiger partial charge in [-0.25, -0.2) is 19.6 Å². The van der Waals surface area contributed by atoms with E-state index in [0.717, 1.165) is 98.8 Å². The lowest BCUT2D eigenvalue weighted by Gasteiger charge is -2.34. The predicted molar refractivity (Wildman–Crippen MR) is 250 cm³/mol. The Bertz CT molecular complexity index is 2700. The van der Waals surface area contributed by atoms with E-state index in [1.807, 2.05) is 11.0 Å². The number of amides is 4. The molecule has 3 saturated heterocycles. The molecular weight excluding hydrogens is 841 g/mol. The number of likely N-dealkylation sites (tertiary alicyclic amines) is 1. The molecule has 3 fully saturated rings. The fourth-order valence-corrected chi connectivity index (χ4v) is 9.81. The van der Waals surface area contributed by atoms with Crippen molar-refractivity contribution in [3.8, 4) is 22.3 Å². The van der Waals surface area contributed by atoms with Crippen LogP contribution in [0.5, 0.6) is 0 Å². The van der Waals surface area contributed by atoms with Gasteiger partial charge in [0.2, 0.25) is 11.8 Å². The molecule has 4 aromatic carbocycles. The van der Waals surface area contributed by atoms with Crippen molar-refractivity contribution >= 4 is 56.8 Å². The second-order valence-electron chi connectivity index (χ2n) is 17.6. The second kappa shape index (κ2) is 20.3. The van der Waals surface area contributed by atoms with Crippen LogP contribution in [0.2, 0.25) is 0 Å². The van der Waals surface area contributed by atoms with E-state index in [-0.39, 0.29) is 29.7 Å². The zero-order valence-corrected chi connectivity index (χ0v) is 37.5. The summed E-state index contributed by atoms with van der Waals surface area (Å²) in [6.07, 6.45) is 5.56. The average molecular weight is 899 g/mol. The monoisotopic (exact) mass is 898 g/mol. The summed E-state index contributed by atoms with van der Waals surface area (Å²) in [5, 5.41) is 10.8. The minimum absolute atomic E-state index is 0.00564. The van der Waals surface area contributed by atoms with Crippen molar-refractivity contribution in [2.75, 3.05) is 53.7 Å². The minimum atomic E-state index is -0.685. The summed E-state index contributed by atoms with van der Waals surface area (Å²) in [5.74, 6) is 1.32. The number of nitrogens with one attached hydrogen (secondary N) is 5. The van der Waals surface area contributed by atoms with Gasteiger partial charge in [0.1, 0.15) is 23.7 Å². The van der Waals surface area contributed by atoms with Crippen LogP contribution >= 0.6 is 0 Å². The second-order valence-corrected chi connectivity index (χ2v) is 17.6. The lowest BCUT2D eigenvalue weighted by atomic mass is 9.90. The number of aryl methyl sites for hydroxylation is 1. The van der Waals surface area contributed by atoms with E-state index in [1.165, 1.54) is 14.2 Å². The van der Waals surface area contributed by atoms with Crippen LogP contribution in [0.15, 0.2) is 72.8 Å². The molecule has 2 aromatic heterocycles. The van der Waals surface area contributed by atoms with E-state index < -0.39 is 24.3 Å². The summed E-state index contributed by atoms with van der Waals surface area (Å²) in [4.78, 5) is 70.1. The first-order valence-corrected chi connectivity index (χ1v) is 23.2. The average Bonchev–Trinajstić information content (AvgIpc) is 4.13. The summed E-state index contributed by atoms with van der Waals surface area (Å²) in [5.41, 5.74) is 7.95. The highest BCUT2D eigenvalue weighted by Crippen LogP contribution is 2.36. The molecule has 3 atom stereocenters. The van der Waals surface area contributed by atoms with Crippen molar-refractivity contribution in [2.45, 2.75) is 75.9 Å². The number of rotatable bonds is 14. The molecule has 0 unspecified atom stereocenters. The largest absolute Gasteiger partial charge is 0.453 e. The number of imidazole rings is 2. The van der Waals surface area contributed by atoms with Gasteiger partial charge >= 0.3 is 12.2 Å². The van der Waals surface area contributed by atoms with Crippen molar-refractivity contribution in [3.05, 3.63) is 84.4 Å². The molecule has 0 saturated carbocycles. The van der Waals surface area contributed by atoms with Gasteiger partial charge in [0.15, 0.2) is 0 Å². The van der Waals surface area contributed by atoms with Crippen molar-refractivity contribution < 1.29 is 38.1 Å². The number of unbranched alkanes of at least 4 members (excludes halogenated alkanes) is 1. The summed E-state index contributed by atoms with van der Waals surface area (Å²) in [6.45, 7) is 3.36. The quantitative estimate of drug-likeness (QED) is 0.0690. The maximum atomic E-state index is 14.1. The Labute approximate surface area is 382 Å². The molecule has 0 radical (unpaired) electrons. The molecule has 346 valence electrons. The number of ether oxygens (including phenoxy) is 4. The predicted octanol–water partition coefficient (Wildman–Crippen LogP) is 7.33. The molecule has 6 aromatic rings. The summed E-state index contributed by atoms with van der Waals surface area (Å²) >= 11 is 0. The van der Waals surface area contributed by atoms with E-state index in [0.29, 0.717) is 65.2 Å². The molecule has 66 heavy (non-hydrogen) atoms. The van der Waals surface area contributed by atoms with Gasteiger partial charge in [-0.2, -0.15) is 0 Å². The lowest BCUT2D eigenvalue weighted by Crippen LogP contribution is -2.53. The smallest absolute Gasteiger partial charge is 0.407 e. The van der Waals surface area contributed by atoms with Crippen molar-refractivity contribution in [2.24, 2.45) is 11.8 Å². The molecule has 16 heteroatoms. The van der Waals surface area contributed by atoms with Crippen LogP contribution in [-0.4, -0.2) is 115 Å². The molecule has 3 aliphatic rings. The first-order chi connectivity index (χ1) is 32.2. The van der Waals surface area contributed by atoms with E-state index in [4.69, 9.17) is 28.9 Å². The number of benzene rings is 4. The Morgan fingerprint density at radius 1 is 0.682 bits per heavy atom. The number of methoxy groups -OCH3 is 2. The Hall–Kier alpha value is -6.52. The molecule has 4 amide bonds. The molecule has 5 N–H and O–H groups in total. The molecular formula is C50H58N8O8. The van der Waals surface area contributed by atoms with Gasteiger partial charge in [-0.3, -0.25) is 9.59 Å². The van der Waals surface area contributed by atoms with Gasteiger partial charge in [-0.05, 0) is 133 Å². The number of nitrogens with zero attached hydrogens (tertiary/aromatic N) is 3. The zero-order valence-electron chi connectivity index (χ0n) is 37.5. The third-order valence-corrected chi connectivity index (χ3v) is 13.5. The highest BCUT2D eigenvalue weighted by Gasteiger charge is 2.40. The number of hydrogen-bond acceptors (Lipinski definition) is 10. The summed E-state index contributed by atoms with van der Waals surface area (Å²) < 4.78 is 20.6. The normalized spacial score (nSPS) is 18.0. The van der Waals surface area contributed by atoms with E-state index in [1.54, 1.807) is 0 Å². The number of aromatic nitrogens is 4. The lowest BCUT2D eigenvalue weighted by molar-refractivity contribution is -0.136. The van der Waals surface area contributed by atoms with Crippen LogP contribution in [-0.2, 0) is 35.0 Å². The number of alkyl carbamates (subject to hydrolysis) is 2. The third-order valence-electron chi connectivity index (χ3n) is 13.5. The molecule has 16 nitrogen and oxygen atoms in total. The van der Waals surface area contributed by atoms with Gasteiger partial charge < -0.3 is 49.8 Å². The zero-order chi connectivity index (χ0) is 45.6. The Morgan fingerprint density at radius 3 is 1.85 bits per heavy atom. The van der Waals surface area contributed by atoms with E-state index in [2.05, 4.69) is 92.6 Å². The number of fused-ring (bicyclic) bond motifs is 3. The van der Waals surface area contributed by atoms with Gasteiger partial charge in [0, 0.05) is 45.9 Å². The fraction of sp³-hybridized carbons (Fsp3) is 0.440. The SMILES string of the molecule is COC(=O)N[C@H](C(=O)NCCCCc1nc2ccc(-c3ccc4cc(-c5ccc6nc([C@@H]7CCCN7C(=O)[C@@H](NC(=O)OC)C7CCOCC7)[nH]c6c5)ccc4c3)cc2[nH]1)C1CCOCC1. The van der Waals surface area contributed by atoms with Gasteiger partial charge in [-0.15, -0.1) is 0 Å². The standard InChI is InChI=1S/C50H58N8O8/c1-63-49(61)56-44(30-16-22-65-23-17-30)47(59)51-20-4-3-7-43-52-38-14-12-36(28-40(38)53-43)34-10-8-33-27-35(11-9-32(33)26-34)37-13-15-39-41(29-37)55-46(54-39)42-6-5-21-58(42)48(60)45(57-50(62)64-2)31-18-24-66-25-19-31/h8-15,26-31,42,44-45H,3-7,16-25H2,1-2H3,(H,51,59)(H,52,53)(H,54,55)(H,56,61)(H,57,62)/t42-,44-,45-/m0/s1. The van der Waals surface area contributed by atoms with Crippen LogP contribution in [0.3, 0.4) is 0 Å². The maximum Gasteiger partial charge on any atom is 0.407 e. The number of carbonyl (C=O) groups is 4. The van der Waals surface area contributed by atoms with Crippen LogP contribution in [0.25, 0.3) is 55.1 Å². The van der Waals surface area contributed by atoms with E-state index in [9.17, 15) is 19.2 Å². The topological polar surface area (TPSA) is 202 Å². The molecule has 0 spiro atoms. The highest BCUT2D eigenvalue weighted by molar-refractivity contribution is 5.93. The van der Waals surface area contributed by atoms with Crippen molar-refractivity contribution in [3.63, 3.8) is 0 Å². The van der Waals surface area contributed by atoms with Crippen LogP contribution in [0, 0.1) is 11.8 Å². The number of carbonyl (C=O) groups excluding carboxylic acids is 4. The molecule has 3 aliphatic heterocycles. The van der Waals surface area contributed by atoms with E-state index >= 15 is 0 Å². The van der Waals surface area contributed by atoms with Gasteiger partial charge in [0.25, 0.3) is 0 Å². The highest BCUT2D eigenvalue weighted by atomic mass is 16.5. The van der Waals surface area contributed by atoms with Crippen LogP contribution in [0.1, 0.15) is 69.1 Å². The van der Waals surface area contributed by atoms with Crippen molar-refractivity contribution in [1.82, 2.24) is 40.8 Å². The first kappa shape index (κ1) is 44.7. The number of hydrogen-bond donors (Lipinski definition) is 5. The third kappa shape index (κ3) is 9.99. The molecule has 0 aliphatic carbocycles. The molecule has 9 rings (SSSR count). The summed E-state index contributed by atoms with van der Waals surface area (Å²) in [6, 6.07) is 24.0. The Morgan fingerprint density at radius 2 is 1.23 bits per heavy atom. The fourth-order valence-electron chi connectivity index (χ4n) is 9.81. The Balaban J connectivity index is 0.826. The van der Waals surface area contributed by atoms with Crippen LogP contribution in [0.4, 0.5) is 9.59 Å². The summed E-state index contributed by atoms with van der Waals surface area (Å²) in [7, 11) is 2.61. The van der Waals surface area contributed by atoms with Gasteiger partial charge in [0.05, 0.1) is 42.3 Å². The maximum absolute atomic E-state index is 14.1. The first-order valence-electron chi connectivity index (χ1n) is 23.2. The Kier molecular flexibility index (Phi) is 13.8.